The number of pyridine rings is 1. The van der Waals surface area contributed by atoms with Crippen molar-refractivity contribution in [3.63, 3.8) is 0 Å². The number of carbonyl (C=O) groups is 1. The summed E-state index contributed by atoms with van der Waals surface area (Å²) >= 11 is 0. The Morgan fingerprint density at radius 2 is 2.23 bits per heavy atom. The molecule has 0 aromatic carbocycles. The number of nitrogens with zero attached hydrogens (tertiary/aromatic N) is 4. The van der Waals surface area contributed by atoms with Gasteiger partial charge in [0.05, 0.1) is 24.2 Å². The zero-order valence-corrected chi connectivity index (χ0v) is 14.4. The third kappa shape index (κ3) is 3.36. The second-order valence-electron chi connectivity index (χ2n) is 6.38. The molecule has 0 radical (unpaired) electrons. The Labute approximate surface area is 150 Å². The van der Waals surface area contributed by atoms with Gasteiger partial charge in [0.15, 0.2) is 5.69 Å². The lowest BCUT2D eigenvalue weighted by Gasteiger charge is -2.32. The quantitative estimate of drug-likeness (QED) is 0.738. The number of hydrogen-bond acceptors (Lipinski definition) is 6. The zero-order chi connectivity index (χ0) is 17.9. The van der Waals surface area contributed by atoms with Crippen LogP contribution >= 0.6 is 0 Å². The minimum absolute atomic E-state index is 0.0711. The summed E-state index contributed by atoms with van der Waals surface area (Å²) < 4.78 is 7.42. The smallest absolute Gasteiger partial charge is 0.272 e. The van der Waals surface area contributed by atoms with Crippen molar-refractivity contribution in [1.29, 1.82) is 0 Å². The van der Waals surface area contributed by atoms with E-state index in [1.165, 1.54) is 6.33 Å². The molecule has 8 nitrogen and oxygen atoms in total. The fourth-order valence-corrected chi connectivity index (χ4v) is 3.12. The fourth-order valence-electron chi connectivity index (χ4n) is 3.12. The molecule has 8 heteroatoms. The molecular weight excluding hydrogens is 332 g/mol. The summed E-state index contributed by atoms with van der Waals surface area (Å²) in [6.07, 6.45) is 7.44. The zero-order valence-electron chi connectivity index (χ0n) is 14.4. The van der Waals surface area contributed by atoms with Gasteiger partial charge in [-0.15, -0.1) is 0 Å². The summed E-state index contributed by atoms with van der Waals surface area (Å²) in [4.78, 5) is 25.2. The molecule has 134 valence electrons. The van der Waals surface area contributed by atoms with Crippen molar-refractivity contribution in [2.75, 3.05) is 18.5 Å². The van der Waals surface area contributed by atoms with Gasteiger partial charge in [0.2, 0.25) is 0 Å². The van der Waals surface area contributed by atoms with E-state index in [2.05, 4.69) is 25.6 Å². The van der Waals surface area contributed by atoms with Gasteiger partial charge in [-0.1, -0.05) is 0 Å². The minimum Gasteiger partial charge on any atom is -0.379 e. The van der Waals surface area contributed by atoms with E-state index in [9.17, 15) is 4.79 Å². The summed E-state index contributed by atoms with van der Waals surface area (Å²) in [5.41, 5.74) is 2.32. The topological polar surface area (TPSA) is 93.4 Å². The number of imidazole rings is 1. The standard InChI is InChI=1S/C18H20N6O2/c1-12-3-6-24-11-21-17(15(24)8-12)18(25)23-13-4-7-26-9-14(13)22-16-2-5-19-10-20-16/h2-3,5-6,8,10-11,13-14H,4,7,9H2,1H3,(H,23,25)(H,19,20,22)/t13-,14+/m0/s1. The highest BCUT2D eigenvalue weighted by molar-refractivity contribution is 5.99. The van der Waals surface area contributed by atoms with Gasteiger partial charge in [-0.05, 0) is 37.1 Å². The summed E-state index contributed by atoms with van der Waals surface area (Å²) in [5.74, 6) is 0.525. The fraction of sp³-hybridized carbons (Fsp3) is 0.333. The normalized spacial score (nSPS) is 20.0. The van der Waals surface area contributed by atoms with E-state index in [1.54, 1.807) is 18.6 Å². The van der Waals surface area contributed by atoms with Crippen molar-refractivity contribution >= 4 is 17.2 Å². The second-order valence-corrected chi connectivity index (χ2v) is 6.38. The van der Waals surface area contributed by atoms with Crippen LogP contribution in [0.25, 0.3) is 5.52 Å². The Hall–Kier alpha value is -3.00. The molecule has 1 saturated heterocycles. The molecule has 26 heavy (non-hydrogen) atoms. The number of carbonyl (C=O) groups excluding carboxylic acids is 1. The van der Waals surface area contributed by atoms with Crippen LogP contribution in [0.15, 0.2) is 43.2 Å². The number of anilines is 1. The first kappa shape index (κ1) is 16.5. The van der Waals surface area contributed by atoms with Crippen LogP contribution < -0.4 is 10.6 Å². The van der Waals surface area contributed by atoms with E-state index >= 15 is 0 Å². The van der Waals surface area contributed by atoms with Crippen molar-refractivity contribution in [2.45, 2.75) is 25.4 Å². The SMILES string of the molecule is Cc1ccn2cnc(C(=O)N[C@H]3CCOC[C@H]3Nc3ccncn3)c2c1. The highest BCUT2D eigenvalue weighted by Crippen LogP contribution is 2.16. The van der Waals surface area contributed by atoms with E-state index in [1.807, 2.05) is 29.7 Å². The largest absolute Gasteiger partial charge is 0.379 e. The van der Waals surface area contributed by atoms with Gasteiger partial charge in [-0.3, -0.25) is 4.79 Å². The molecule has 4 rings (SSSR count). The first-order valence-electron chi connectivity index (χ1n) is 8.55. The Bertz CT molecular complexity index is 910. The number of fused-ring (bicyclic) bond motifs is 1. The molecule has 0 bridgehead atoms. The first-order valence-corrected chi connectivity index (χ1v) is 8.55. The van der Waals surface area contributed by atoms with Crippen molar-refractivity contribution in [3.05, 3.63) is 54.5 Å². The second kappa shape index (κ2) is 7.09. The molecule has 4 heterocycles. The number of aromatic nitrogens is 4. The molecule has 2 N–H and O–H groups in total. The maximum Gasteiger partial charge on any atom is 0.272 e. The van der Waals surface area contributed by atoms with E-state index in [0.29, 0.717) is 24.7 Å². The highest BCUT2D eigenvalue weighted by Gasteiger charge is 2.28. The Kier molecular flexibility index (Phi) is 4.49. The van der Waals surface area contributed by atoms with E-state index in [4.69, 9.17) is 4.74 Å². The maximum absolute atomic E-state index is 12.8. The molecular formula is C18H20N6O2. The van der Waals surface area contributed by atoms with Gasteiger partial charge in [0.25, 0.3) is 5.91 Å². The summed E-state index contributed by atoms with van der Waals surface area (Å²) in [6, 6.07) is 5.59. The van der Waals surface area contributed by atoms with Crippen LogP contribution in [0.2, 0.25) is 0 Å². The van der Waals surface area contributed by atoms with Crippen LogP contribution in [-0.2, 0) is 4.74 Å². The number of rotatable bonds is 4. The van der Waals surface area contributed by atoms with Crippen molar-refractivity contribution < 1.29 is 9.53 Å². The van der Waals surface area contributed by atoms with E-state index in [0.717, 1.165) is 17.5 Å². The molecule has 0 unspecified atom stereocenters. The summed E-state index contributed by atoms with van der Waals surface area (Å²) in [6.45, 7) is 3.10. The third-order valence-corrected chi connectivity index (χ3v) is 4.50. The van der Waals surface area contributed by atoms with Gasteiger partial charge in [-0.25, -0.2) is 15.0 Å². The molecule has 3 aromatic rings. The lowest BCUT2D eigenvalue weighted by molar-refractivity contribution is 0.0619. The van der Waals surface area contributed by atoms with Gasteiger partial charge in [-0.2, -0.15) is 0 Å². The minimum atomic E-state index is -0.181. The molecule has 3 aromatic heterocycles. The van der Waals surface area contributed by atoms with Crippen LogP contribution in [0.1, 0.15) is 22.5 Å². The van der Waals surface area contributed by atoms with Crippen LogP contribution in [0.3, 0.4) is 0 Å². The summed E-state index contributed by atoms with van der Waals surface area (Å²) in [5, 5.41) is 6.41. The Balaban J connectivity index is 1.52. The van der Waals surface area contributed by atoms with Gasteiger partial charge in [0, 0.05) is 19.0 Å². The monoisotopic (exact) mass is 352 g/mol. The average Bonchev–Trinajstić information content (AvgIpc) is 3.07. The van der Waals surface area contributed by atoms with E-state index < -0.39 is 0 Å². The first-order chi connectivity index (χ1) is 12.7. The highest BCUT2D eigenvalue weighted by atomic mass is 16.5. The van der Waals surface area contributed by atoms with Crippen molar-refractivity contribution in [2.24, 2.45) is 0 Å². The molecule has 1 aliphatic heterocycles. The van der Waals surface area contributed by atoms with Crippen LogP contribution in [0.4, 0.5) is 5.82 Å². The molecule has 1 aliphatic rings. The van der Waals surface area contributed by atoms with Gasteiger partial charge in [0.1, 0.15) is 18.5 Å². The molecule has 1 amide bonds. The van der Waals surface area contributed by atoms with Crippen LogP contribution in [-0.4, -0.2) is 50.6 Å². The number of amides is 1. The van der Waals surface area contributed by atoms with Gasteiger partial charge >= 0.3 is 0 Å². The number of nitrogens with one attached hydrogen (secondary N) is 2. The number of hydrogen-bond donors (Lipinski definition) is 2. The third-order valence-electron chi connectivity index (χ3n) is 4.50. The predicted octanol–water partition coefficient (Wildman–Crippen LogP) is 1.43. The number of aryl methyl sites for hydroxylation is 1. The van der Waals surface area contributed by atoms with Gasteiger partial charge < -0.3 is 19.8 Å². The predicted molar refractivity (Wildman–Crippen MR) is 96.1 cm³/mol. The molecule has 0 aliphatic carbocycles. The molecule has 1 fully saturated rings. The van der Waals surface area contributed by atoms with Crippen LogP contribution in [0.5, 0.6) is 0 Å². The lowest BCUT2D eigenvalue weighted by Crippen LogP contribution is -2.52. The molecule has 2 atom stereocenters. The van der Waals surface area contributed by atoms with E-state index in [-0.39, 0.29) is 18.0 Å². The van der Waals surface area contributed by atoms with Crippen LogP contribution in [0, 0.1) is 6.92 Å². The maximum atomic E-state index is 12.8. The Morgan fingerprint density at radius 3 is 3.08 bits per heavy atom. The number of ether oxygens (including phenoxy) is 1. The van der Waals surface area contributed by atoms with Crippen molar-refractivity contribution in [3.8, 4) is 0 Å². The average molecular weight is 352 g/mol. The molecule has 0 spiro atoms. The summed E-state index contributed by atoms with van der Waals surface area (Å²) in [7, 11) is 0. The lowest BCUT2D eigenvalue weighted by atomic mass is 10.0. The Morgan fingerprint density at radius 1 is 1.31 bits per heavy atom. The van der Waals surface area contributed by atoms with Crippen molar-refractivity contribution in [1.82, 2.24) is 24.7 Å². The molecule has 0 saturated carbocycles.